The maximum Gasteiger partial charge on any atom is 0.341 e. The van der Waals surface area contributed by atoms with Crippen molar-refractivity contribution in [3.8, 4) is 5.75 Å². The second-order valence-electron chi connectivity index (χ2n) is 4.76. The average Bonchev–Trinajstić information content (AvgIpc) is 2.30. The molecule has 1 rings (SSSR count). The van der Waals surface area contributed by atoms with E-state index < -0.39 is 11.6 Å². The highest BCUT2D eigenvalue weighted by molar-refractivity contribution is 5.78. The summed E-state index contributed by atoms with van der Waals surface area (Å²) in [5.41, 5.74) is 1.55. The lowest BCUT2D eigenvalue weighted by Crippen LogP contribution is -2.42. The van der Waals surface area contributed by atoms with Crippen molar-refractivity contribution in [2.24, 2.45) is 0 Å². The number of methoxy groups -OCH3 is 1. The van der Waals surface area contributed by atoms with E-state index in [1.165, 1.54) is 14.0 Å². The molecule has 4 heteroatoms. The van der Waals surface area contributed by atoms with Crippen LogP contribution in [0.1, 0.15) is 23.6 Å². The summed E-state index contributed by atoms with van der Waals surface area (Å²) in [5.74, 6) is -0.0267. The lowest BCUT2D eigenvalue weighted by molar-refractivity contribution is -0.163. The molecule has 0 radical (unpaired) electrons. The van der Waals surface area contributed by atoms with E-state index in [0.29, 0.717) is 5.75 Å². The quantitative estimate of drug-likeness (QED) is 0.832. The zero-order valence-electron chi connectivity index (χ0n) is 11.5. The summed E-state index contributed by atoms with van der Waals surface area (Å²) in [6, 6.07) is 3.94. The molecule has 1 aromatic carbocycles. The fourth-order valence-corrected chi connectivity index (χ4v) is 1.65. The summed E-state index contributed by atoms with van der Waals surface area (Å²) >= 11 is 0. The Kier molecular flexibility index (Phi) is 4.35. The minimum Gasteiger partial charge on any atom is -0.490 e. The number of carbonyl (C=O) groups excluding carboxylic acids is 1. The number of carbonyl (C=O) groups is 1. The van der Waals surface area contributed by atoms with Gasteiger partial charge in [0.15, 0.2) is 5.60 Å². The number of aryl methyl sites for hydroxylation is 2. The monoisotopic (exact) mass is 252 g/mol. The third kappa shape index (κ3) is 3.23. The Morgan fingerprint density at radius 2 is 1.94 bits per heavy atom. The van der Waals surface area contributed by atoms with Gasteiger partial charge in [0.1, 0.15) is 12.4 Å². The molecule has 4 nitrogen and oxygen atoms in total. The normalized spacial score (nSPS) is 13.9. The summed E-state index contributed by atoms with van der Waals surface area (Å²) < 4.78 is 10.0. The molecule has 0 spiro atoms. The third-order valence-electron chi connectivity index (χ3n) is 2.90. The Morgan fingerprint density at radius 3 is 2.50 bits per heavy atom. The van der Waals surface area contributed by atoms with Gasteiger partial charge in [-0.1, -0.05) is 6.07 Å². The van der Waals surface area contributed by atoms with Crippen LogP contribution in [0.2, 0.25) is 0 Å². The molecule has 0 saturated heterocycles. The fourth-order valence-electron chi connectivity index (χ4n) is 1.65. The Hall–Kier alpha value is -1.55. The van der Waals surface area contributed by atoms with E-state index in [2.05, 4.69) is 10.8 Å². The van der Waals surface area contributed by atoms with Crippen LogP contribution in [0.15, 0.2) is 12.1 Å². The lowest BCUT2D eigenvalue weighted by Gasteiger charge is -2.21. The van der Waals surface area contributed by atoms with Crippen molar-refractivity contribution in [1.82, 2.24) is 0 Å². The van der Waals surface area contributed by atoms with Crippen LogP contribution in [-0.2, 0) is 9.53 Å². The topological polar surface area (TPSA) is 55.8 Å². The number of benzene rings is 1. The maximum absolute atomic E-state index is 11.3. The molecule has 0 saturated carbocycles. The lowest BCUT2D eigenvalue weighted by atomic mass is 10.1. The summed E-state index contributed by atoms with van der Waals surface area (Å²) in [5, 5.41) is 9.87. The number of aliphatic hydroxyl groups is 1. The molecule has 18 heavy (non-hydrogen) atoms. The van der Waals surface area contributed by atoms with E-state index in [0.717, 1.165) is 16.7 Å². The minimum absolute atomic E-state index is 0.136. The molecule has 0 heterocycles. The minimum atomic E-state index is -1.64. The van der Waals surface area contributed by atoms with Gasteiger partial charge >= 0.3 is 5.97 Å². The molecule has 0 aliphatic carbocycles. The van der Waals surface area contributed by atoms with Crippen LogP contribution in [0, 0.1) is 20.8 Å². The number of hydrogen-bond acceptors (Lipinski definition) is 4. The first kappa shape index (κ1) is 14.5. The molecule has 0 bridgehead atoms. The van der Waals surface area contributed by atoms with Crippen molar-refractivity contribution in [3.05, 3.63) is 28.8 Å². The largest absolute Gasteiger partial charge is 0.490 e. The van der Waals surface area contributed by atoms with Crippen molar-refractivity contribution in [1.29, 1.82) is 0 Å². The molecule has 1 N–H and O–H groups in total. The average molecular weight is 252 g/mol. The van der Waals surface area contributed by atoms with E-state index in [4.69, 9.17) is 4.74 Å². The molecule has 1 unspecified atom stereocenters. The molecule has 1 aromatic rings. The standard InChI is InChI=1S/C14H20O4/c1-9-6-10(2)11(3)12(7-9)18-8-14(4,16)13(15)17-5/h6-7,16H,8H2,1-5H3. The van der Waals surface area contributed by atoms with Crippen LogP contribution in [-0.4, -0.2) is 30.4 Å². The molecule has 0 amide bonds. The van der Waals surface area contributed by atoms with Crippen LogP contribution in [0.5, 0.6) is 5.75 Å². The highest BCUT2D eigenvalue weighted by atomic mass is 16.6. The van der Waals surface area contributed by atoms with E-state index in [1.54, 1.807) is 0 Å². The molecule has 0 aliphatic rings. The number of ether oxygens (including phenoxy) is 2. The van der Waals surface area contributed by atoms with Crippen LogP contribution in [0.25, 0.3) is 0 Å². The first-order valence-electron chi connectivity index (χ1n) is 5.79. The SMILES string of the molecule is COC(=O)C(C)(O)COc1cc(C)cc(C)c1C. The van der Waals surface area contributed by atoms with Gasteiger partial charge in [0.25, 0.3) is 0 Å². The molecular formula is C14H20O4. The van der Waals surface area contributed by atoms with Gasteiger partial charge in [0.05, 0.1) is 7.11 Å². The zero-order valence-corrected chi connectivity index (χ0v) is 11.5. The Bertz CT molecular complexity index is 449. The van der Waals surface area contributed by atoms with E-state index in [9.17, 15) is 9.90 Å². The highest BCUT2D eigenvalue weighted by Crippen LogP contribution is 2.24. The van der Waals surface area contributed by atoms with Crippen LogP contribution in [0.4, 0.5) is 0 Å². The van der Waals surface area contributed by atoms with E-state index in [1.807, 2.05) is 26.8 Å². The van der Waals surface area contributed by atoms with Gasteiger partial charge in [-0.3, -0.25) is 0 Å². The number of rotatable bonds is 4. The van der Waals surface area contributed by atoms with Crippen LogP contribution < -0.4 is 4.74 Å². The third-order valence-corrected chi connectivity index (χ3v) is 2.90. The predicted octanol–water partition coefficient (Wildman–Crippen LogP) is 1.91. The second kappa shape index (κ2) is 5.40. The molecular weight excluding hydrogens is 232 g/mol. The molecule has 100 valence electrons. The van der Waals surface area contributed by atoms with Gasteiger partial charge in [-0.25, -0.2) is 4.79 Å². The summed E-state index contributed by atoms with van der Waals surface area (Å²) in [6.45, 7) is 7.14. The summed E-state index contributed by atoms with van der Waals surface area (Å²) in [4.78, 5) is 11.3. The first-order chi connectivity index (χ1) is 8.27. The number of hydrogen-bond donors (Lipinski definition) is 1. The van der Waals surface area contributed by atoms with Gasteiger partial charge < -0.3 is 14.6 Å². The first-order valence-corrected chi connectivity index (χ1v) is 5.79. The van der Waals surface area contributed by atoms with Gasteiger partial charge in [0, 0.05) is 0 Å². The summed E-state index contributed by atoms with van der Waals surface area (Å²) in [7, 11) is 1.23. The number of esters is 1. The molecule has 0 aromatic heterocycles. The van der Waals surface area contributed by atoms with Crippen molar-refractivity contribution in [2.45, 2.75) is 33.3 Å². The maximum atomic E-state index is 11.3. The van der Waals surface area contributed by atoms with Crippen LogP contribution in [0.3, 0.4) is 0 Å². The van der Waals surface area contributed by atoms with Crippen molar-refractivity contribution in [2.75, 3.05) is 13.7 Å². The Morgan fingerprint density at radius 1 is 1.33 bits per heavy atom. The Labute approximate surface area is 108 Å². The highest BCUT2D eigenvalue weighted by Gasteiger charge is 2.32. The van der Waals surface area contributed by atoms with Gasteiger partial charge in [0.2, 0.25) is 0 Å². The molecule has 1 atom stereocenters. The van der Waals surface area contributed by atoms with Crippen molar-refractivity contribution < 1.29 is 19.4 Å². The van der Waals surface area contributed by atoms with Gasteiger partial charge in [-0.2, -0.15) is 0 Å². The smallest absolute Gasteiger partial charge is 0.341 e. The fraction of sp³-hybridized carbons (Fsp3) is 0.500. The summed E-state index contributed by atoms with van der Waals surface area (Å²) in [6.07, 6.45) is 0. The van der Waals surface area contributed by atoms with E-state index >= 15 is 0 Å². The zero-order chi connectivity index (χ0) is 13.9. The van der Waals surface area contributed by atoms with Crippen molar-refractivity contribution in [3.63, 3.8) is 0 Å². The van der Waals surface area contributed by atoms with Gasteiger partial charge in [-0.05, 0) is 50.5 Å². The predicted molar refractivity (Wildman–Crippen MR) is 68.8 cm³/mol. The second-order valence-corrected chi connectivity index (χ2v) is 4.76. The Balaban J connectivity index is 2.84. The van der Waals surface area contributed by atoms with Gasteiger partial charge in [-0.15, -0.1) is 0 Å². The van der Waals surface area contributed by atoms with Crippen molar-refractivity contribution >= 4 is 5.97 Å². The molecule has 0 aliphatic heterocycles. The van der Waals surface area contributed by atoms with E-state index in [-0.39, 0.29) is 6.61 Å². The van der Waals surface area contributed by atoms with Crippen LogP contribution >= 0.6 is 0 Å². The molecule has 0 fully saturated rings.